The van der Waals surface area contributed by atoms with E-state index in [0.717, 1.165) is 22.3 Å². The number of amides is 1. The number of aromatic amines is 2. The lowest BCUT2D eigenvalue weighted by Crippen LogP contribution is -2.49. The van der Waals surface area contributed by atoms with Crippen molar-refractivity contribution in [3.05, 3.63) is 75.2 Å². The van der Waals surface area contributed by atoms with Crippen LogP contribution in [-0.4, -0.2) is 70.4 Å². The van der Waals surface area contributed by atoms with Crippen LogP contribution in [0.15, 0.2) is 53.5 Å². The van der Waals surface area contributed by atoms with Gasteiger partial charge in [0.25, 0.3) is 5.56 Å². The van der Waals surface area contributed by atoms with Crippen molar-refractivity contribution >= 4 is 40.1 Å². The van der Waals surface area contributed by atoms with Crippen LogP contribution in [0.2, 0.25) is 5.02 Å². The van der Waals surface area contributed by atoms with Crippen molar-refractivity contribution in [2.45, 2.75) is 13.0 Å². The van der Waals surface area contributed by atoms with E-state index < -0.39 is 12.2 Å². The number of terminal acetylenes is 1. The Morgan fingerprint density at radius 1 is 1.25 bits per heavy atom. The smallest absolute Gasteiger partial charge is 0.410 e. The summed E-state index contributed by atoms with van der Waals surface area (Å²) in [6, 6.07) is 12.8. The fraction of sp³-hybridized carbons (Fsp3) is 0.276. The third-order valence-corrected chi connectivity index (χ3v) is 7.10. The minimum Gasteiger partial charge on any atom is -0.436 e. The molecule has 1 amide bonds. The van der Waals surface area contributed by atoms with E-state index in [2.05, 4.69) is 32.2 Å². The molecule has 0 aliphatic carbocycles. The summed E-state index contributed by atoms with van der Waals surface area (Å²) in [5, 5.41) is 14.4. The lowest BCUT2D eigenvalue weighted by molar-refractivity contribution is 0.111. The first kappa shape index (κ1) is 27.1. The number of hydrogen-bond donors (Lipinski definition) is 4. The van der Waals surface area contributed by atoms with Gasteiger partial charge in [0.2, 0.25) is 0 Å². The lowest BCUT2D eigenvalue weighted by Gasteiger charge is -2.35. The number of nitrogens with one attached hydrogen (secondary N) is 3. The van der Waals surface area contributed by atoms with Gasteiger partial charge in [-0.2, -0.15) is 0 Å². The molecule has 2 aromatic heterocycles. The predicted molar refractivity (Wildman–Crippen MR) is 156 cm³/mol. The second-order valence-electron chi connectivity index (χ2n) is 9.52. The molecular weight excluding hydrogens is 532 g/mol. The van der Waals surface area contributed by atoms with Crippen molar-refractivity contribution < 1.29 is 14.6 Å². The maximum atomic E-state index is 12.9. The number of aliphatic hydroxyl groups is 1. The second-order valence-corrected chi connectivity index (χ2v) is 9.96. The molecule has 1 aliphatic rings. The van der Waals surface area contributed by atoms with Crippen LogP contribution in [0.4, 0.5) is 16.2 Å². The van der Waals surface area contributed by atoms with E-state index in [1.165, 1.54) is 0 Å². The molecule has 0 radical (unpaired) electrons. The Bertz CT molecular complexity index is 1630. The zero-order valence-corrected chi connectivity index (χ0v) is 22.7. The molecule has 1 aliphatic heterocycles. The minimum absolute atomic E-state index is 0.0406. The maximum absolute atomic E-state index is 12.9. The fourth-order valence-corrected chi connectivity index (χ4v) is 5.01. The van der Waals surface area contributed by atoms with Crippen molar-refractivity contribution in [3.63, 3.8) is 0 Å². The van der Waals surface area contributed by atoms with Gasteiger partial charge in [-0.3, -0.25) is 4.79 Å². The van der Waals surface area contributed by atoms with Crippen molar-refractivity contribution in [2.24, 2.45) is 0 Å². The molecule has 0 saturated carbocycles. The SMILES string of the molecule is C#CCOC(=O)N1CCN(c2cc(C)c3nc(-c4c(NCC(O)c5cccc(Cl)c5)cc[nH]c4=O)[nH]c3c2)CC1. The summed E-state index contributed by atoms with van der Waals surface area (Å²) < 4.78 is 5.04. The summed E-state index contributed by atoms with van der Waals surface area (Å²) >= 11 is 6.06. The highest BCUT2D eigenvalue weighted by atomic mass is 35.5. The van der Waals surface area contributed by atoms with Crippen LogP contribution < -0.4 is 15.8 Å². The molecule has 1 unspecified atom stereocenters. The Labute approximate surface area is 235 Å². The van der Waals surface area contributed by atoms with Crippen molar-refractivity contribution in [3.8, 4) is 23.7 Å². The van der Waals surface area contributed by atoms with Gasteiger partial charge in [-0.15, -0.1) is 6.42 Å². The highest BCUT2D eigenvalue weighted by Gasteiger charge is 2.23. The molecular formula is C29H29ClN6O4. The van der Waals surface area contributed by atoms with E-state index in [9.17, 15) is 14.7 Å². The van der Waals surface area contributed by atoms with Gasteiger partial charge in [0.05, 0.1) is 22.8 Å². The Kier molecular flexibility index (Phi) is 7.96. The van der Waals surface area contributed by atoms with Crippen LogP contribution in [0.1, 0.15) is 17.2 Å². The fourth-order valence-electron chi connectivity index (χ4n) is 4.81. The van der Waals surface area contributed by atoms with Gasteiger partial charge in [0.15, 0.2) is 6.61 Å². The summed E-state index contributed by atoms with van der Waals surface area (Å²) in [5.74, 6) is 2.72. The Morgan fingerprint density at radius 2 is 2.05 bits per heavy atom. The molecule has 40 heavy (non-hydrogen) atoms. The number of nitrogens with zero attached hydrogens (tertiary/aromatic N) is 3. The number of imidazole rings is 1. The summed E-state index contributed by atoms with van der Waals surface area (Å²) in [6.45, 7) is 4.41. The van der Waals surface area contributed by atoms with Crippen LogP contribution in [0.3, 0.4) is 0 Å². The average molecular weight is 561 g/mol. The number of H-pyrrole nitrogens is 2. The molecule has 4 aromatic rings. The largest absolute Gasteiger partial charge is 0.436 e. The number of fused-ring (bicyclic) bond motifs is 1. The monoisotopic (exact) mass is 560 g/mol. The normalized spacial score (nSPS) is 14.2. The zero-order valence-electron chi connectivity index (χ0n) is 21.9. The number of benzene rings is 2. The van der Waals surface area contributed by atoms with Crippen molar-refractivity contribution in [1.82, 2.24) is 19.9 Å². The molecule has 2 aromatic carbocycles. The lowest BCUT2D eigenvalue weighted by atomic mass is 10.1. The number of aryl methyl sites for hydroxylation is 1. The molecule has 5 rings (SSSR count). The number of anilines is 2. The van der Waals surface area contributed by atoms with Crippen LogP contribution >= 0.6 is 11.6 Å². The number of aromatic nitrogens is 3. The Morgan fingerprint density at radius 3 is 2.80 bits per heavy atom. The summed E-state index contributed by atoms with van der Waals surface area (Å²) in [5.41, 5.74) is 4.71. The quantitative estimate of drug-likeness (QED) is 0.252. The van der Waals surface area contributed by atoms with Crippen LogP contribution in [0, 0.1) is 19.3 Å². The molecule has 10 nitrogen and oxygen atoms in total. The van der Waals surface area contributed by atoms with Gasteiger partial charge in [0.1, 0.15) is 11.4 Å². The Hall–Kier alpha value is -4.46. The first-order valence-corrected chi connectivity index (χ1v) is 13.2. The number of hydrogen-bond acceptors (Lipinski definition) is 7. The van der Waals surface area contributed by atoms with E-state index in [-0.39, 0.29) is 18.7 Å². The molecule has 0 spiro atoms. The number of carbonyl (C=O) groups excluding carboxylic acids is 1. The molecule has 1 fully saturated rings. The van der Waals surface area contributed by atoms with Crippen molar-refractivity contribution in [1.29, 1.82) is 0 Å². The van der Waals surface area contributed by atoms with Gasteiger partial charge in [0, 0.05) is 49.6 Å². The van der Waals surface area contributed by atoms with Gasteiger partial charge in [-0.25, -0.2) is 9.78 Å². The van der Waals surface area contributed by atoms with Gasteiger partial charge >= 0.3 is 6.09 Å². The molecule has 11 heteroatoms. The number of pyridine rings is 1. The number of aliphatic hydroxyl groups excluding tert-OH is 1. The number of carbonyl (C=O) groups is 1. The average Bonchev–Trinajstić information content (AvgIpc) is 3.39. The molecule has 1 atom stereocenters. The van der Waals surface area contributed by atoms with Gasteiger partial charge in [-0.05, 0) is 48.4 Å². The van der Waals surface area contributed by atoms with Gasteiger partial charge in [-0.1, -0.05) is 29.7 Å². The number of ether oxygens (including phenoxy) is 1. The molecule has 206 valence electrons. The maximum Gasteiger partial charge on any atom is 0.410 e. The van der Waals surface area contributed by atoms with E-state index in [1.54, 1.807) is 41.4 Å². The highest BCUT2D eigenvalue weighted by molar-refractivity contribution is 6.30. The first-order chi connectivity index (χ1) is 19.3. The van der Waals surface area contributed by atoms with E-state index in [0.29, 0.717) is 53.8 Å². The third-order valence-electron chi connectivity index (χ3n) is 6.86. The highest BCUT2D eigenvalue weighted by Crippen LogP contribution is 2.30. The summed E-state index contributed by atoms with van der Waals surface area (Å²) in [6.07, 6.45) is 5.49. The van der Waals surface area contributed by atoms with E-state index >= 15 is 0 Å². The van der Waals surface area contributed by atoms with Crippen LogP contribution in [0.5, 0.6) is 0 Å². The summed E-state index contributed by atoms with van der Waals surface area (Å²) in [4.78, 5) is 39.7. The number of halogens is 1. The predicted octanol–water partition coefficient (Wildman–Crippen LogP) is 3.92. The molecule has 0 bridgehead atoms. The minimum atomic E-state index is -0.828. The first-order valence-electron chi connectivity index (χ1n) is 12.8. The number of piperazine rings is 1. The molecule has 1 saturated heterocycles. The standard InChI is InChI=1S/C29H29ClN6O4/c1-3-13-40-29(39)36-11-9-35(10-12-36)21-14-18(2)26-23(16-21)33-27(34-26)25-22(7-8-31-28(25)38)32-17-24(37)19-5-4-6-20(30)15-19/h1,4-8,14-16,24,37H,9-13,17H2,2H3,(H,33,34)(H2,31,32,38). The van der Waals surface area contributed by atoms with Gasteiger partial charge < -0.3 is 34.9 Å². The molecule has 3 heterocycles. The Balaban J connectivity index is 1.36. The zero-order chi connectivity index (χ0) is 28.2. The number of rotatable bonds is 7. The second kappa shape index (κ2) is 11.7. The van der Waals surface area contributed by atoms with Crippen molar-refractivity contribution in [2.75, 3.05) is 49.5 Å². The third kappa shape index (κ3) is 5.76. The van der Waals surface area contributed by atoms with Crippen LogP contribution in [0.25, 0.3) is 22.4 Å². The molecule has 4 N–H and O–H groups in total. The topological polar surface area (TPSA) is 127 Å². The van der Waals surface area contributed by atoms with Crippen LogP contribution in [-0.2, 0) is 4.74 Å². The van der Waals surface area contributed by atoms with E-state index in [1.807, 2.05) is 13.0 Å². The summed E-state index contributed by atoms with van der Waals surface area (Å²) in [7, 11) is 0. The van der Waals surface area contributed by atoms with E-state index in [4.69, 9.17) is 27.7 Å².